The Hall–Kier alpha value is -3.91. The van der Waals surface area contributed by atoms with Crippen LogP contribution in [-0.2, 0) is 9.59 Å². The lowest BCUT2D eigenvalue weighted by atomic mass is 10.2. The van der Waals surface area contributed by atoms with Crippen LogP contribution in [0.15, 0.2) is 89.6 Å². The van der Waals surface area contributed by atoms with Crippen LogP contribution in [0.5, 0.6) is 5.75 Å². The molecule has 0 fully saturated rings. The molecule has 3 aromatic carbocycles. The number of nitrogens with one attached hydrogen (secondary N) is 1. The Morgan fingerprint density at radius 3 is 2.48 bits per heavy atom. The van der Waals surface area contributed by atoms with Gasteiger partial charge < -0.3 is 10.1 Å². The average Bonchev–Trinajstić information content (AvgIpc) is 3.14. The van der Waals surface area contributed by atoms with E-state index in [9.17, 15) is 14.0 Å². The lowest BCUT2D eigenvalue weighted by Crippen LogP contribution is -2.31. The van der Waals surface area contributed by atoms with Crippen LogP contribution < -0.4 is 15.0 Å². The highest BCUT2D eigenvalue weighted by Gasteiger charge is 2.32. The minimum Gasteiger partial charge on any atom is -0.495 e. The third kappa shape index (κ3) is 5.30. The molecule has 4 rings (SSSR count). The Labute approximate surface area is 194 Å². The number of anilines is 2. The first-order valence-corrected chi connectivity index (χ1v) is 11.0. The van der Waals surface area contributed by atoms with Gasteiger partial charge in [0.2, 0.25) is 5.91 Å². The molecule has 0 aliphatic carbocycles. The van der Waals surface area contributed by atoms with E-state index >= 15 is 0 Å². The molecular weight excluding hydrogens is 441 g/mol. The van der Waals surface area contributed by atoms with Crippen LogP contribution in [-0.4, -0.2) is 29.8 Å². The van der Waals surface area contributed by atoms with Gasteiger partial charge in [-0.1, -0.05) is 54.2 Å². The minimum atomic E-state index is -0.409. The van der Waals surface area contributed by atoms with Crippen LogP contribution in [0.25, 0.3) is 6.08 Å². The van der Waals surface area contributed by atoms with Gasteiger partial charge in [-0.2, -0.15) is 0 Å². The lowest BCUT2D eigenvalue weighted by molar-refractivity contribution is -0.114. The van der Waals surface area contributed by atoms with Gasteiger partial charge in [-0.05, 0) is 48.0 Å². The molecule has 8 heteroatoms. The summed E-state index contributed by atoms with van der Waals surface area (Å²) in [4.78, 5) is 31.6. The number of nitrogens with zero attached hydrogens (tertiary/aromatic N) is 2. The van der Waals surface area contributed by atoms with Gasteiger partial charge in [-0.15, -0.1) is 0 Å². The van der Waals surface area contributed by atoms with E-state index in [0.29, 0.717) is 22.3 Å². The molecule has 166 valence electrons. The third-order valence-electron chi connectivity index (χ3n) is 4.73. The fraction of sp³-hybridized carbons (Fsp3) is 0.0800. The molecule has 6 nitrogen and oxygen atoms in total. The summed E-state index contributed by atoms with van der Waals surface area (Å²) < 4.78 is 18.7. The van der Waals surface area contributed by atoms with Crippen LogP contribution in [0.3, 0.4) is 0 Å². The summed E-state index contributed by atoms with van der Waals surface area (Å²) in [6.07, 6.45) is 1.68. The van der Waals surface area contributed by atoms with Gasteiger partial charge in [0.1, 0.15) is 17.3 Å². The van der Waals surface area contributed by atoms with Crippen LogP contribution >= 0.6 is 11.8 Å². The van der Waals surface area contributed by atoms with Gasteiger partial charge in [0.05, 0.1) is 24.2 Å². The Morgan fingerprint density at radius 2 is 1.76 bits per heavy atom. The van der Waals surface area contributed by atoms with E-state index in [2.05, 4.69) is 10.3 Å². The smallest absolute Gasteiger partial charge is 0.283 e. The summed E-state index contributed by atoms with van der Waals surface area (Å²) in [7, 11) is 1.53. The highest BCUT2D eigenvalue weighted by molar-refractivity contribution is 8.14. The summed E-state index contributed by atoms with van der Waals surface area (Å²) in [5.74, 6) is -0.476. The van der Waals surface area contributed by atoms with Crippen LogP contribution in [0, 0.1) is 5.82 Å². The number of para-hydroxylation sites is 2. The molecule has 0 saturated carbocycles. The summed E-state index contributed by atoms with van der Waals surface area (Å²) in [6.45, 7) is 0. The van der Waals surface area contributed by atoms with Crippen LogP contribution in [0.4, 0.5) is 15.8 Å². The summed E-state index contributed by atoms with van der Waals surface area (Å²) in [6, 6.07) is 22.0. The van der Waals surface area contributed by atoms with Crippen molar-refractivity contribution in [3.63, 3.8) is 0 Å². The SMILES string of the molecule is COc1ccccc1NC(=O)CSC1=NC(=Cc2ccccc2)C(=O)N1c1ccc(F)cc1. The zero-order valence-corrected chi connectivity index (χ0v) is 18.5. The van der Waals surface area contributed by atoms with Crippen LogP contribution in [0.2, 0.25) is 0 Å². The maximum Gasteiger partial charge on any atom is 0.283 e. The number of halogens is 1. The Kier molecular flexibility index (Phi) is 6.85. The second kappa shape index (κ2) is 10.1. The van der Waals surface area contributed by atoms with E-state index in [1.54, 1.807) is 24.3 Å². The average molecular weight is 462 g/mol. The summed E-state index contributed by atoms with van der Waals surface area (Å²) in [5, 5.41) is 3.14. The topological polar surface area (TPSA) is 71.0 Å². The molecule has 0 unspecified atom stereocenters. The maximum absolute atomic E-state index is 13.4. The van der Waals surface area contributed by atoms with Crippen LogP contribution in [0.1, 0.15) is 5.56 Å². The number of rotatable bonds is 6. The normalized spacial score (nSPS) is 14.4. The molecule has 0 aromatic heterocycles. The fourth-order valence-electron chi connectivity index (χ4n) is 3.18. The van der Waals surface area contributed by atoms with Gasteiger partial charge in [0, 0.05) is 0 Å². The van der Waals surface area contributed by atoms with Crippen molar-refractivity contribution in [2.45, 2.75) is 0 Å². The number of amidine groups is 1. The molecule has 0 spiro atoms. The van der Waals surface area contributed by atoms with E-state index in [1.165, 1.54) is 36.3 Å². The number of benzene rings is 3. The number of carbonyl (C=O) groups is 2. The second-order valence-corrected chi connectivity index (χ2v) is 7.93. The van der Waals surface area contributed by atoms with Crippen molar-refractivity contribution in [2.24, 2.45) is 4.99 Å². The number of hydrogen-bond donors (Lipinski definition) is 1. The van der Waals surface area contributed by atoms with Crippen molar-refractivity contribution in [2.75, 3.05) is 23.1 Å². The second-order valence-electron chi connectivity index (χ2n) is 6.99. The maximum atomic E-state index is 13.4. The third-order valence-corrected chi connectivity index (χ3v) is 5.67. The van der Waals surface area contributed by atoms with E-state index in [4.69, 9.17) is 4.74 Å². The Balaban J connectivity index is 1.56. The summed E-state index contributed by atoms with van der Waals surface area (Å²) in [5.41, 5.74) is 2.08. The number of methoxy groups -OCH3 is 1. The number of carbonyl (C=O) groups excluding carboxylic acids is 2. The predicted octanol–water partition coefficient (Wildman–Crippen LogP) is 4.95. The summed E-state index contributed by atoms with van der Waals surface area (Å²) >= 11 is 1.12. The molecule has 2 amide bonds. The molecule has 0 atom stereocenters. The molecule has 3 aromatic rings. The molecule has 33 heavy (non-hydrogen) atoms. The predicted molar refractivity (Wildman–Crippen MR) is 130 cm³/mol. The van der Waals surface area contributed by atoms with Crippen molar-refractivity contribution >= 4 is 46.2 Å². The minimum absolute atomic E-state index is 0.0144. The van der Waals surface area contributed by atoms with Crippen molar-refractivity contribution in [3.8, 4) is 5.75 Å². The Bertz CT molecular complexity index is 1230. The van der Waals surface area contributed by atoms with Crippen molar-refractivity contribution in [1.29, 1.82) is 0 Å². The van der Waals surface area contributed by atoms with E-state index < -0.39 is 5.82 Å². The van der Waals surface area contributed by atoms with Crippen molar-refractivity contribution in [1.82, 2.24) is 0 Å². The van der Waals surface area contributed by atoms with E-state index in [-0.39, 0.29) is 23.3 Å². The molecular formula is C25H20FN3O3S. The van der Waals surface area contributed by atoms with Gasteiger partial charge in [0.15, 0.2) is 5.17 Å². The first-order chi connectivity index (χ1) is 16.0. The molecule has 0 saturated heterocycles. The van der Waals surface area contributed by atoms with E-state index in [1.807, 2.05) is 36.4 Å². The number of amides is 2. The van der Waals surface area contributed by atoms with Gasteiger partial charge in [-0.25, -0.2) is 9.38 Å². The van der Waals surface area contributed by atoms with E-state index in [0.717, 1.165) is 17.3 Å². The number of hydrogen-bond acceptors (Lipinski definition) is 5. The highest BCUT2D eigenvalue weighted by atomic mass is 32.2. The van der Waals surface area contributed by atoms with Gasteiger partial charge >= 0.3 is 0 Å². The Morgan fingerprint density at radius 1 is 1.06 bits per heavy atom. The molecule has 1 aliphatic rings. The quantitative estimate of drug-likeness (QED) is 0.528. The largest absolute Gasteiger partial charge is 0.495 e. The van der Waals surface area contributed by atoms with Crippen molar-refractivity contribution < 1.29 is 18.7 Å². The number of thioether (sulfide) groups is 1. The standard InChI is InChI=1S/C25H20FN3O3S/c1-32-22-10-6-5-9-20(22)27-23(30)16-33-25-28-21(15-17-7-3-2-4-8-17)24(31)29(25)19-13-11-18(26)12-14-19/h2-15H,16H2,1H3,(H,27,30). The van der Waals surface area contributed by atoms with Gasteiger partial charge in [0.25, 0.3) is 5.91 Å². The zero-order chi connectivity index (χ0) is 23.2. The number of ether oxygens (including phenoxy) is 1. The highest BCUT2D eigenvalue weighted by Crippen LogP contribution is 2.30. The molecule has 0 bridgehead atoms. The molecule has 1 aliphatic heterocycles. The lowest BCUT2D eigenvalue weighted by Gasteiger charge is -2.17. The van der Waals surface area contributed by atoms with Gasteiger partial charge in [-0.3, -0.25) is 14.5 Å². The monoisotopic (exact) mass is 461 g/mol. The first-order valence-electron chi connectivity index (χ1n) is 10.1. The molecule has 0 radical (unpaired) electrons. The van der Waals surface area contributed by atoms with Crippen molar-refractivity contribution in [3.05, 3.63) is 95.9 Å². The molecule has 1 heterocycles. The molecule has 1 N–H and O–H groups in total. The zero-order valence-electron chi connectivity index (χ0n) is 17.7. The fourth-order valence-corrected chi connectivity index (χ4v) is 4.00. The number of aliphatic imine (C=N–C) groups is 1. The first kappa shape index (κ1) is 22.3.